The number of hydrogen-bond donors (Lipinski definition) is 2. The Labute approximate surface area is 138 Å². The molecule has 1 unspecified atom stereocenters. The first-order chi connectivity index (χ1) is 10.8. The molecule has 128 valence electrons. The van der Waals surface area contributed by atoms with Crippen molar-refractivity contribution in [2.24, 2.45) is 5.14 Å². The lowest BCUT2D eigenvalue weighted by molar-refractivity contribution is -0.121. The molecule has 2 rings (SSSR count). The molecule has 1 atom stereocenters. The summed E-state index contributed by atoms with van der Waals surface area (Å²) in [4.78, 5) is 14.1. The van der Waals surface area contributed by atoms with Gasteiger partial charge < -0.3 is 5.32 Å². The van der Waals surface area contributed by atoms with Crippen LogP contribution in [0.15, 0.2) is 24.3 Å². The van der Waals surface area contributed by atoms with E-state index in [4.69, 9.17) is 5.14 Å². The fourth-order valence-corrected chi connectivity index (χ4v) is 3.47. The SMILES string of the molecule is CC(CN1CCc2ccccc2C1)NC(=O)CCCS(N)(=O)=O. The summed E-state index contributed by atoms with van der Waals surface area (Å²) in [5, 5.41) is 7.84. The number of sulfonamides is 1. The molecular weight excluding hydrogens is 314 g/mol. The molecule has 1 aromatic rings. The maximum atomic E-state index is 11.8. The maximum Gasteiger partial charge on any atom is 0.220 e. The Kier molecular flexibility index (Phi) is 6.15. The average Bonchev–Trinajstić information content (AvgIpc) is 2.45. The third-order valence-corrected chi connectivity index (χ3v) is 4.84. The lowest BCUT2D eigenvalue weighted by Gasteiger charge is -2.31. The summed E-state index contributed by atoms with van der Waals surface area (Å²) in [5.74, 6) is -0.281. The molecule has 1 heterocycles. The molecule has 0 saturated carbocycles. The Morgan fingerprint density at radius 3 is 2.74 bits per heavy atom. The van der Waals surface area contributed by atoms with E-state index in [1.807, 2.05) is 6.92 Å². The van der Waals surface area contributed by atoms with Crippen LogP contribution in [0.25, 0.3) is 0 Å². The second-order valence-electron chi connectivity index (χ2n) is 6.19. The molecule has 1 aromatic carbocycles. The fourth-order valence-electron chi connectivity index (χ4n) is 2.92. The van der Waals surface area contributed by atoms with Crippen molar-refractivity contribution in [1.29, 1.82) is 0 Å². The van der Waals surface area contributed by atoms with Crippen LogP contribution < -0.4 is 10.5 Å². The first-order valence-corrected chi connectivity index (χ1v) is 9.64. The van der Waals surface area contributed by atoms with Crippen molar-refractivity contribution in [3.8, 4) is 0 Å². The number of amides is 1. The van der Waals surface area contributed by atoms with Gasteiger partial charge in [-0.05, 0) is 30.9 Å². The average molecular weight is 339 g/mol. The molecular formula is C16H25N3O3S. The van der Waals surface area contributed by atoms with E-state index in [9.17, 15) is 13.2 Å². The Hall–Kier alpha value is -1.44. The molecule has 7 heteroatoms. The highest BCUT2D eigenvalue weighted by Gasteiger charge is 2.18. The molecule has 0 aromatic heterocycles. The molecule has 1 aliphatic heterocycles. The minimum atomic E-state index is -3.49. The van der Waals surface area contributed by atoms with Crippen molar-refractivity contribution < 1.29 is 13.2 Å². The van der Waals surface area contributed by atoms with Gasteiger partial charge in [-0.25, -0.2) is 13.6 Å². The van der Waals surface area contributed by atoms with Crippen LogP contribution >= 0.6 is 0 Å². The van der Waals surface area contributed by atoms with E-state index >= 15 is 0 Å². The predicted octanol–water partition coefficient (Wildman–Crippen LogP) is 0.618. The van der Waals surface area contributed by atoms with E-state index in [2.05, 4.69) is 34.5 Å². The molecule has 0 aliphatic carbocycles. The van der Waals surface area contributed by atoms with Crippen LogP contribution in [-0.4, -0.2) is 44.1 Å². The Morgan fingerprint density at radius 2 is 2.04 bits per heavy atom. The zero-order valence-electron chi connectivity index (χ0n) is 13.5. The van der Waals surface area contributed by atoms with Gasteiger partial charge in [0.05, 0.1) is 5.75 Å². The third-order valence-electron chi connectivity index (χ3n) is 3.98. The molecule has 0 bridgehead atoms. The summed E-state index contributed by atoms with van der Waals surface area (Å²) < 4.78 is 21.7. The number of nitrogens with zero attached hydrogens (tertiary/aromatic N) is 1. The van der Waals surface area contributed by atoms with E-state index in [1.165, 1.54) is 11.1 Å². The van der Waals surface area contributed by atoms with Gasteiger partial charge >= 0.3 is 0 Å². The van der Waals surface area contributed by atoms with Crippen LogP contribution in [0.3, 0.4) is 0 Å². The van der Waals surface area contributed by atoms with Crippen molar-refractivity contribution in [3.05, 3.63) is 35.4 Å². The molecule has 0 spiro atoms. The van der Waals surface area contributed by atoms with Gasteiger partial charge in [-0.3, -0.25) is 9.69 Å². The number of fused-ring (bicyclic) bond motifs is 1. The first kappa shape index (κ1) is 17.9. The van der Waals surface area contributed by atoms with Crippen molar-refractivity contribution in [3.63, 3.8) is 0 Å². The van der Waals surface area contributed by atoms with Gasteiger partial charge in [-0.1, -0.05) is 24.3 Å². The molecule has 0 radical (unpaired) electrons. The highest BCUT2D eigenvalue weighted by Crippen LogP contribution is 2.18. The van der Waals surface area contributed by atoms with E-state index in [1.54, 1.807) is 0 Å². The van der Waals surface area contributed by atoms with Gasteiger partial charge in [-0.15, -0.1) is 0 Å². The third kappa shape index (κ3) is 6.29. The number of rotatable bonds is 7. The monoisotopic (exact) mass is 339 g/mol. The summed E-state index contributed by atoms with van der Waals surface area (Å²) >= 11 is 0. The highest BCUT2D eigenvalue weighted by molar-refractivity contribution is 7.89. The van der Waals surface area contributed by atoms with Gasteiger partial charge in [0.1, 0.15) is 0 Å². The van der Waals surface area contributed by atoms with Gasteiger partial charge in [0.25, 0.3) is 0 Å². The van der Waals surface area contributed by atoms with Gasteiger partial charge in [0.15, 0.2) is 0 Å². The summed E-state index contributed by atoms with van der Waals surface area (Å²) in [6, 6.07) is 8.47. The van der Waals surface area contributed by atoms with Crippen molar-refractivity contribution >= 4 is 15.9 Å². The number of nitrogens with one attached hydrogen (secondary N) is 1. The summed E-state index contributed by atoms with van der Waals surface area (Å²) in [7, 11) is -3.49. The quantitative estimate of drug-likeness (QED) is 0.761. The largest absolute Gasteiger partial charge is 0.352 e. The number of carbonyl (C=O) groups excluding carboxylic acids is 1. The lowest BCUT2D eigenvalue weighted by atomic mass is 10.00. The second kappa shape index (κ2) is 7.90. The number of nitrogens with two attached hydrogens (primary N) is 1. The lowest BCUT2D eigenvalue weighted by Crippen LogP contribution is -2.43. The first-order valence-electron chi connectivity index (χ1n) is 7.92. The van der Waals surface area contributed by atoms with Crippen molar-refractivity contribution in [2.45, 2.75) is 38.8 Å². The van der Waals surface area contributed by atoms with E-state index in [0.717, 1.165) is 26.1 Å². The Balaban J connectivity index is 1.73. The zero-order valence-corrected chi connectivity index (χ0v) is 14.3. The standard InChI is InChI=1S/C16H25N3O3S/c1-13(18-16(20)7-4-10-23(17,21)22)11-19-9-8-14-5-2-3-6-15(14)12-19/h2-3,5-6,13H,4,7-12H2,1H3,(H,18,20)(H2,17,21,22). The topological polar surface area (TPSA) is 92.5 Å². The molecule has 0 saturated heterocycles. The van der Waals surface area contributed by atoms with Crippen LogP contribution in [0, 0.1) is 0 Å². The Bertz CT molecular complexity index is 646. The fraction of sp³-hybridized carbons (Fsp3) is 0.562. The van der Waals surface area contributed by atoms with E-state index < -0.39 is 10.0 Å². The number of carbonyl (C=O) groups is 1. The van der Waals surface area contributed by atoms with Gasteiger partial charge in [0, 0.05) is 32.1 Å². The number of benzene rings is 1. The summed E-state index contributed by atoms with van der Waals surface area (Å²) in [6.07, 6.45) is 1.48. The molecule has 6 nitrogen and oxygen atoms in total. The molecule has 1 aliphatic rings. The van der Waals surface area contributed by atoms with Crippen LogP contribution in [0.4, 0.5) is 0 Å². The number of hydrogen-bond acceptors (Lipinski definition) is 4. The van der Waals surface area contributed by atoms with E-state index in [-0.39, 0.29) is 30.5 Å². The minimum Gasteiger partial charge on any atom is -0.352 e. The van der Waals surface area contributed by atoms with Crippen LogP contribution in [0.1, 0.15) is 30.9 Å². The van der Waals surface area contributed by atoms with Crippen LogP contribution in [0.2, 0.25) is 0 Å². The van der Waals surface area contributed by atoms with Crippen LogP contribution in [0.5, 0.6) is 0 Å². The Morgan fingerprint density at radius 1 is 1.35 bits per heavy atom. The van der Waals surface area contributed by atoms with Crippen molar-refractivity contribution in [1.82, 2.24) is 10.2 Å². The smallest absolute Gasteiger partial charge is 0.220 e. The second-order valence-corrected chi connectivity index (χ2v) is 7.93. The summed E-state index contributed by atoms with van der Waals surface area (Å²) in [5.41, 5.74) is 2.76. The van der Waals surface area contributed by atoms with E-state index in [0.29, 0.717) is 0 Å². The van der Waals surface area contributed by atoms with Gasteiger partial charge in [-0.2, -0.15) is 0 Å². The van der Waals surface area contributed by atoms with Crippen molar-refractivity contribution in [2.75, 3.05) is 18.8 Å². The van der Waals surface area contributed by atoms with Crippen LogP contribution in [-0.2, 0) is 27.8 Å². The number of primary sulfonamides is 1. The minimum absolute atomic E-state index is 0.0299. The highest BCUT2D eigenvalue weighted by atomic mass is 32.2. The molecule has 3 N–H and O–H groups in total. The zero-order chi connectivity index (χ0) is 16.9. The summed E-state index contributed by atoms with van der Waals surface area (Å²) in [6.45, 7) is 4.65. The molecule has 23 heavy (non-hydrogen) atoms. The predicted molar refractivity (Wildman–Crippen MR) is 90.2 cm³/mol. The molecule has 0 fully saturated rings. The van der Waals surface area contributed by atoms with Gasteiger partial charge in [0.2, 0.25) is 15.9 Å². The maximum absolute atomic E-state index is 11.8. The normalized spacial score (nSPS) is 16.6. The molecule has 1 amide bonds.